The van der Waals surface area contributed by atoms with E-state index in [0.717, 1.165) is 35.3 Å². The molecule has 0 aromatic heterocycles. The molecule has 6 heteroatoms. The van der Waals surface area contributed by atoms with Crippen LogP contribution in [-0.2, 0) is 0 Å². The lowest BCUT2D eigenvalue weighted by Crippen LogP contribution is -2.21. The van der Waals surface area contributed by atoms with Crippen LogP contribution in [-0.4, -0.2) is 12.6 Å². The average molecular weight is 455 g/mol. The van der Waals surface area contributed by atoms with E-state index in [4.69, 9.17) is 19.9 Å². The highest BCUT2D eigenvalue weighted by Crippen LogP contribution is 2.44. The summed E-state index contributed by atoms with van der Waals surface area (Å²) in [7, 11) is 0. The van der Waals surface area contributed by atoms with Gasteiger partial charge < -0.3 is 19.9 Å². The molecule has 2 N–H and O–H groups in total. The van der Waals surface area contributed by atoms with Gasteiger partial charge in [0.2, 0.25) is 5.88 Å². The molecule has 1 heterocycles. The van der Waals surface area contributed by atoms with Crippen LogP contribution in [0.25, 0.3) is 0 Å². The Hall–Kier alpha value is -4.24. The van der Waals surface area contributed by atoms with E-state index < -0.39 is 11.9 Å². The number of rotatable bonds is 7. The second kappa shape index (κ2) is 10.1. The monoisotopic (exact) mass is 454 g/mol. The third-order valence-corrected chi connectivity index (χ3v) is 5.61. The van der Waals surface area contributed by atoms with Crippen LogP contribution in [0.3, 0.4) is 0 Å². The molecule has 0 radical (unpaired) electrons. The molecule has 3 aromatic carbocycles. The quantitative estimate of drug-likeness (QED) is 0.283. The molecule has 0 spiro atoms. The summed E-state index contributed by atoms with van der Waals surface area (Å²) in [5, 5.41) is 9.81. The molecule has 0 amide bonds. The first-order valence-corrected chi connectivity index (χ1v) is 11.2. The van der Waals surface area contributed by atoms with Crippen molar-refractivity contribution >= 4 is 5.97 Å². The van der Waals surface area contributed by atoms with E-state index in [1.54, 1.807) is 30.3 Å². The molecule has 1 aliphatic heterocycles. The minimum Gasteiger partial charge on any atom is -0.494 e. The third kappa shape index (κ3) is 4.89. The Morgan fingerprint density at radius 2 is 1.91 bits per heavy atom. The van der Waals surface area contributed by atoms with Crippen molar-refractivity contribution in [2.45, 2.75) is 32.6 Å². The number of nitrogens with two attached hydrogens (primary N) is 1. The molecule has 0 aliphatic carbocycles. The molecule has 0 saturated carbocycles. The molecule has 3 aromatic rings. The lowest BCUT2D eigenvalue weighted by atomic mass is 9.83. The van der Waals surface area contributed by atoms with E-state index in [-0.39, 0.29) is 5.88 Å². The summed E-state index contributed by atoms with van der Waals surface area (Å²) in [5.74, 6) is 0.638. The third-order valence-electron chi connectivity index (χ3n) is 5.61. The van der Waals surface area contributed by atoms with Gasteiger partial charge in [-0.1, -0.05) is 49.2 Å². The van der Waals surface area contributed by atoms with Crippen LogP contribution in [0.5, 0.6) is 17.2 Å². The Kier molecular flexibility index (Phi) is 6.84. The number of hydrogen-bond donors (Lipinski definition) is 1. The summed E-state index contributed by atoms with van der Waals surface area (Å²) in [4.78, 5) is 12.6. The van der Waals surface area contributed by atoms with Crippen LogP contribution >= 0.6 is 0 Å². The largest absolute Gasteiger partial charge is 0.494 e. The number of aryl methyl sites for hydroxylation is 1. The molecule has 1 atom stereocenters. The predicted molar refractivity (Wildman–Crippen MR) is 129 cm³/mol. The number of benzene rings is 3. The van der Waals surface area contributed by atoms with Crippen molar-refractivity contribution in [1.82, 2.24) is 0 Å². The number of hydrogen-bond acceptors (Lipinski definition) is 6. The molecule has 1 aliphatic rings. The summed E-state index contributed by atoms with van der Waals surface area (Å²) in [6, 6.07) is 22.1. The van der Waals surface area contributed by atoms with Crippen LogP contribution in [0.15, 0.2) is 78.2 Å². The number of ether oxygens (including phenoxy) is 3. The van der Waals surface area contributed by atoms with Gasteiger partial charge in [0.1, 0.15) is 28.9 Å². The zero-order valence-corrected chi connectivity index (χ0v) is 19.2. The maximum absolute atomic E-state index is 12.6. The van der Waals surface area contributed by atoms with E-state index in [2.05, 4.69) is 13.0 Å². The van der Waals surface area contributed by atoms with E-state index in [9.17, 15) is 10.1 Å². The number of fused-ring (bicyclic) bond motifs is 1. The van der Waals surface area contributed by atoms with Gasteiger partial charge in [-0.3, -0.25) is 0 Å². The molecule has 0 unspecified atom stereocenters. The standard InChI is InChI=1S/C28H26N2O4/c1-3-4-13-32-21-10-6-8-19(15-21)26-23-12-11-22(16-25(23)34-27(30)24(26)17-29)33-28(31)20-9-5-7-18(2)14-20/h5-12,14-16,26H,3-4,13,30H2,1-2H3/t26-/m0/s1. The highest BCUT2D eigenvalue weighted by atomic mass is 16.5. The molecule has 4 rings (SSSR count). The van der Waals surface area contributed by atoms with E-state index in [0.29, 0.717) is 29.2 Å². The molecule has 6 nitrogen and oxygen atoms in total. The highest BCUT2D eigenvalue weighted by Gasteiger charge is 2.31. The SMILES string of the molecule is CCCCOc1cccc([C@@H]2C(C#N)=C(N)Oc3cc(OC(=O)c4cccc(C)c4)ccc32)c1. The Morgan fingerprint density at radius 3 is 2.68 bits per heavy atom. The number of nitriles is 1. The van der Waals surface area contributed by atoms with Gasteiger partial charge in [-0.05, 0) is 49.2 Å². The van der Waals surface area contributed by atoms with Gasteiger partial charge in [-0.2, -0.15) is 5.26 Å². The van der Waals surface area contributed by atoms with Crippen molar-refractivity contribution < 1.29 is 19.0 Å². The van der Waals surface area contributed by atoms with Crippen LogP contribution < -0.4 is 19.9 Å². The van der Waals surface area contributed by atoms with Crippen molar-refractivity contribution in [1.29, 1.82) is 5.26 Å². The minimum absolute atomic E-state index is 0.0273. The smallest absolute Gasteiger partial charge is 0.343 e. The zero-order valence-electron chi connectivity index (χ0n) is 19.2. The number of allylic oxidation sites excluding steroid dienone is 1. The number of esters is 1. The summed E-state index contributed by atoms with van der Waals surface area (Å²) in [6.07, 6.45) is 2.01. The fourth-order valence-corrected chi connectivity index (χ4v) is 3.90. The molecular weight excluding hydrogens is 428 g/mol. The fraction of sp³-hybridized carbons (Fsp3) is 0.214. The van der Waals surface area contributed by atoms with E-state index >= 15 is 0 Å². The fourth-order valence-electron chi connectivity index (χ4n) is 3.90. The van der Waals surface area contributed by atoms with Gasteiger partial charge in [0, 0.05) is 11.6 Å². The minimum atomic E-state index is -0.464. The van der Waals surface area contributed by atoms with E-state index in [1.807, 2.05) is 43.3 Å². The van der Waals surface area contributed by atoms with Crippen molar-refractivity contribution in [3.8, 4) is 23.3 Å². The number of nitrogens with zero attached hydrogens (tertiary/aromatic N) is 1. The molecular formula is C28H26N2O4. The summed E-state index contributed by atoms with van der Waals surface area (Å²) < 4.78 is 17.2. The van der Waals surface area contributed by atoms with Crippen LogP contribution in [0.4, 0.5) is 0 Å². The number of unbranched alkanes of at least 4 members (excludes halogenated alkanes) is 1. The van der Waals surface area contributed by atoms with Gasteiger partial charge in [0.25, 0.3) is 0 Å². The van der Waals surface area contributed by atoms with Gasteiger partial charge in [-0.15, -0.1) is 0 Å². The zero-order chi connectivity index (χ0) is 24.1. The Bertz CT molecular complexity index is 1290. The first kappa shape index (κ1) is 22.9. The number of carbonyl (C=O) groups excluding carboxylic acids is 1. The Labute approximate surface area is 199 Å². The topological polar surface area (TPSA) is 94.6 Å². The Morgan fingerprint density at radius 1 is 1.09 bits per heavy atom. The highest BCUT2D eigenvalue weighted by molar-refractivity contribution is 5.91. The predicted octanol–water partition coefficient (Wildman–Crippen LogP) is 5.61. The second-order valence-corrected chi connectivity index (χ2v) is 8.16. The maximum atomic E-state index is 12.6. The average Bonchev–Trinajstić information content (AvgIpc) is 2.83. The van der Waals surface area contributed by atoms with Crippen molar-refractivity contribution in [2.24, 2.45) is 5.73 Å². The van der Waals surface area contributed by atoms with Gasteiger partial charge in [0.15, 0.2) is 0 Å². The second-order valence-electron chi connectivity index (χ2n) is 8.16. The first-order chi connectivity index (χ1) is 16.5. The molecule has 0 fully saturated rings. The molecule has 172 valence electrons. The molecule has 0 bridgehead atoms. The Balaban J connectivity index is 1.65. The normalized spacial score (nSPS) is 14.6. The summed E-state index contributed by atoms with van der Waals surface area (Å²) in [5.41, 5.74) is 9.49. The van der Waals surface area contributed by atoms with Gasteiger partial charge >= 0.3 is 5.97 Å². The first-order valence-electron chi connectivity index (χ1n) is 11.2. The van der Waals surface area contributed by atoms with Crippen LogP contribution in [0.2, 0.25) is 0 Å². The maximum Gasteiger partial charge on any atom is 0.343 e. The molecule has 0 saturated heterocycles. The van der Waals surface area contributed by atoms with Crippen molar-refractivity contribution in [3.63, 3.8) is 0 Å². The van der Waals surface area contributed by atoms with Gasteiger partial charge in [-0.25, -0.2) is 4.79 Å². The van der Waals surface area contributed by atoms with Crippen molar-refractivity contribution in [3.05, 3.63) is 100 Å². The lowest BCUT2D eigenvalue weighted by Gasteiger charge is -2.27. The van der Waals surface area contributed by atoms with Crippen molar-refractivity contribution in [2.75, 3.05) is 6.61 Å². The van der Waals surface area contributed by atoms with Gasteiger partial charge in [0.05, 0.1) is 18.1 Å². The molecule has 34 heavy (non-hydrogen) atoms. The van der Waals surface area contributed by atoms with Crippen LogP contribution in [0, 0.1) is 18.3 Å². The number of carbonyl (C=O) groups is 1. The summed E-state index contributed by atoms with van der Waals surface area (Å²) >= 11 is 0. The summed E-state index contributed by atoms with van der Waals surface area (Å²) in [6.45, 7) is 4.65. The van der Waals surface area contributed by atoms with Crippen LogP contribution in [0.1, 0.15) is 52.7 Å². The lowest BCUT2D eigenvalue weighted by molar-refractivity contribution is 0.0734. The van der Waals surface area contributed by atoms with E-state index in [1.165, 1.54) is 0 Å².